The first kappa shape index (κ1) is 26.6. The van der Waals surface area contributed by atoms with Crippen LogP contribution in [0.1, 0.15) is 24.8 Å². The Hall–Kier alpha value is -1.46. The Morgan fingerprint density at radius 3 is 2.17 bits per heavy atom. The normalized spacial score (nSPS) is 14.8. The number of nitrogens with one attached hydrogen (secondary N) is 1. The lowest BCUT2D eigenvalue weighted by atomic mass is 10.1. The van der Waals surface area contributed by atoms with Crippen LogP contribution in [0.2, 0.25) is 0 Å². The number of guanidine groups is 1. The van der Waals surface area contributed by atoms with Gasteiger partial charge in [-0.25, -0.2) is 0 Å². The van der Waals surface area contributed by atoms with E-state index in [1.807, 2.05) is 12.1 Å². The number of methoxy groups -OCH3 is 4. The van der Waals surface area contributed by atoms with Crippen LogP contribution in [0.5, 0.6) is 17.2 Å². The van der Waals surface area contributed by atoms with Crippen molar-refractivity contribution < 1.29 is 23.7 Å². The predicted octanol–water partition coefficient (Wildman–Crippen LogP) is 2.92. The van der Waals surface area contributed by atoms with Gasteiger partial charge < -0.3 is 33.9 Å². The fourth-order valence-electron chi connectivity index (χ4n) is 3.44. The van der Waals surface area contributed by atoms with E-state index in [1.165, 1.54) is 0 Å². The van der Waals surface area contributed by atoms with E-state index in [0.717, 1.165) is 57.1 Å². The summed E-state index contributed by atoms with van der Waals surface area (Å²) in [6, 6.07) is 3.71. The van der Waals surface area contributed by atoms with Gasteiger partial charge in [-0.1, -0.05) is 0 Å². The van der Waals surface area contributed by atoms with Crippen molar-refractivity contribution in [1.82, 2.24) is 10.2 Å². The van der Waals surface area contributed by atoms with Crippen LogP contribution >= 0.6 is 24.0 Å². The Morgan fingerprint density at radius 1 is 1.03 bits per heavy atom. The summed E-state index contributed by atoms with van der Waals surface area (Å²) in [5, 5.41) is 3.43. The molecule has 1 aliphatic rings. The predicted molar refractivity (Wildman–Crippen MR) is 129 cm³/mol. The second-order valence-electron chi connectivity index (χ2n) is 6.81. The summed E-state index contributed by atoms with van der Waals surface area (Å²) >= 11 is 0. The van der Waals surface area contributed by atoms with Crippen molar-refractivity contribution in [2.75, 3.05) is 61.8 Å². The first-order chi connectivity index (χ1) is 14.2. The van der Waals surface area contributed by atoms with Crippen molar-refractivity contribution in [2.24, 2.45) is 4.99 Å². The number of piperidine rings is 1. The third-order valence-electron chi connectivity index (χ3n) is 5.04. The molecule has 0 aliphatic carbocycles. The van der Waals surface area contributed by atoms with Crippen molar-refractivity contribution in [2.45, 2.75) is 31.9 Å². The smallest absolute Gasteiger partial charge is 0.193 e. The average molecular weight is 537 g/mol. The first-order valence-electron chi connectivity index (χ1n) is 10.0. The molecular formula is C21H36IN3O5. The summed E-state index contributed by atoms with van der Waals surface area (Å²) in [5.74, 6) is 2.99. The fraction of sp³-hybridized carbons (Fsp3) is 0.667. The molecule has 0 saturated carbocycles. The zero-order valence-corrected chi connectivity index (χ0v) is 21.1. The Balaban J connectivity index is 0.00000450. The lowest BCUT2D eigenvalue weighted by Gasteiger charge is -2.34. The number of aliphatic imine (C=N–C) groups is 1. The maximum absolute atomic E-state index is 5.95. The molecule has 0 amide bonds. The lowest BCUT2D eigenvalue weighted by Crippen LogP contribution is -2.46. The minimum atomic E-state index is 0. The number of hydrogen-bond donors (Lipinski definition) is 1. The SMILES string of the molecule is CN=C(NCc1c(OC)cc(OC)cc1OC)N1CCC(OCCCOC)CC1.I. The van der Waals surface area contributed by atoms with Crippen LogP contribution in [0.3, 0.4) is 0 Å². The fourth-order valence-corrected chi connectivity index (χ4v) is 3.44. The highest BCUT2D eigenvalue weighted by Crippen LogP contribution is 2.33. The van der Waals surface area contributed by atoms with Crippen LogP contribution in [0.4, 0.5) is 0 Å². The molecule has 30 heavy (non-hydrogen) atoms. The molecule has 0 radical (unpaired) electrons. The monoisotopic (exact) mass is 537 g/mol. The van der Waals surface area contributed by atoms with Crippen molar-refractivity contribution in [3.8, 4) is 17.2 Å². The van der Waals surface area contributed by atoms with Crippen molar-refractivity contribution in [3.05, 3.63) is 17.7 Å². The first-order valence-corrected chi connectivity index (χ1v) is 10.0. The van der Waals surface area contributed by atoms with Gasteiger partial charge in [-0.15, -0.1) is 24.0 Å². The quantitative estimate of drug-likeness (QED) is 0.213. The summed E-state index contributed by atoms with van der Waals surface area (Å²) in [6.45, 7) is 3.85. The largest absolute Gasteiger partial charge is 0.496 e. The third kappa shape index (κ3) is 7.66. The molecule has 1 aromatic carbocycles. The van der Waals surface area contributed by atoms with E-state index in [-0.39, 0.29) is 24.0 Å². The minimum Gasteiger partial charge on any atom is -0.496 e. The van der Waals surface area contributed by atoms with E-state index in [9.17, 15) is 0 Å². The highest BCUT2D eigenvalue weighted by Gasteiger charge is 2.22. The standard InChI is InChI=1S/C21H35N3O5.HI/c1-22-21(24-9-7-16(8-10-24)29-12-6-11-25-2)23-15-18-19(27-4)13-17(26-3)14-20(18)28-5;/h13-14,16H,6-12,15H2,1-5H3,(H,22,23);1H. The summed E-state index contributed by atoms with van der Waals surface area (Å²) in [4.78, 5) is 6.71. The van der Waals surface area contributed by atoms with E-state index < -0.39 is 0 Å². The molecule has 9 heteroatoms. The second-order valence-corrected chi connectivity index (χ2v) is 6.81. The molecule has 0 atom stereocenters. The number of likely N-dealkylation sites (tertiary alicyclic amines) is 1. The Morgan fingerprint density at radius 2 is 1.67 bits per heavy atom. The molecule has 172 valence electrons. The van der Waals surface area contributed by atoms with Gasteiger partial charge in [-0.05, 0) is 19.3 Å². The van der Waals surface area contributed by atoms with Crippen LogP contribution in [0, 0.1) is 0 Å². The Kier molecular flexibility index (Phi) is 12.9. The highest BCUT2D eigenvalue weighted by molar-refractivity contribution is 14.0. The second kappa shape index (κ2) is 14.5. The van der Waals surface area contributed by atoms with Gasteiger partial charge in [0, 0.05) is 52.6 Å². The van der Waals surface area contributed by atoms with Crippen molar-refractivity contribution in [1.29, 1.82) is 0 Å². The maximum atomic E-state index is 5.95. The van der Waals surface area contributed by atoms with Crippen LogP contribution in [-0.4, -0.2) is 78.8 Å². The number of hydrogen-bond acceptors (Lipinski definition) is 6. The zero-order chi connectivity index (χ0) is 21.1. The topological polar surface area (TPSA) is 73.8 Å². The zero-order valence-electron chi connectivity index (χ0n) is 18.7. The number of ether oxygens (including phenoxy) is 5. The molecule has 8 nitrogen and oxygen atoms in total. The molecule has 1 heterocycles. The van der Waals surface area contributed by atoms with Gasteiger partial charge in [0.2, 0.25) is 0 Å². The lowest BCUT2D eigenvalue weighted by molar-refractivity contribution is 0.00989. The number of benzene rings is 1. The summed E-state index contributed by atoms with van der Waals surface area (Å²) in [7, 11) is 8.43. The summed E-state index contributed by atoms with van der Waals surface area (Å²) < 4.78 is 27.4. The Bertz CT molecular complexity index is 627. The molecule has 0 aromatic heterocycles. The van der Waals surface area contributed by atoms with Gasteiger partial charge in [0.15, 0.2) is 5.96 Å². The summed E-state index contributed by atoms with van der Waals surface area (Å²) in [6.07, 6.45) is 3.22. The van der Waals surface area contributed by atoms with E-state index in [1.54, 1.807) is 35.5 Å². The molecule has 0 unspecified atom stereocenters. The van der Waals surface area contributed by atoms with Crippen molar-refractivity contribution in [3.63, 3.8) is 0 Å². The number of nitrogens with zero attached hydrogens (tertiary/aromatic N) is 2. The van der Waals surface area contributed by atoms with E-state index >= 15 is 0 Å². The molecule has 1 N–H and O–H groups in total. The van der Waals surface area contributed by atoms with Gasteiger partial charge in [0.25, 0.3) is 0 Å². The van der Waals surface area contributed by atoms with Crippen molar-refractivity contribution >= 4 is 29.9 Å². The van der Waals surface area contributed by atoms with E-state index in [0.29, 0.717) is 29.9 Å². The average Bonchev–Trinajstić information content (AvgIpc) is 2.77. The molecule has 0 spiro atoms. The van der Waals surface area contributed by atoms with Gasteiger partial charge in [-0.2, -0.15) is 0 Å². The van der Waals surface area contributed by atoms with E-state index in [2.05, 4.69) is 15.2 Å². The molecule has 0 bridgehead atoms. The molecule has 1 saturated heterocycles. The molecule has 1 aliphatic heterocycles. The van der Waals surface area contributed by atoms with Gasteiger partial charge in [0.05, 0.1) is 39.5 Å². The maximum Gasteiger partial charge on any atom is 0.193 e. The molecule has 1 fully saturated rings. The molecule has 2 rings (SSSR count). The van der Waals surface area contributed by atoms with Crippen LogP contribution in [-0.2, 0) is 16.0 Å². The van der Waals surface area contributed by atoms with Gasteiger partial charge in [-0.3, -0.25) is 4.99 Å². The Labute approximate surface area is 197 Å². The molecular weight excluding hydrogens is 501 g/mol. The van der Waals surface area contributed by atoms with Gasteiger partial charge >= 0.3 is 0 Å². The van der Waals surface area contributed by atoms with E-state index in [4.69, 9.17) is 23.7 Å². The third-order valence-corrected chi connectivity index (χ3v) is 5.04. The summed E-state index contributed by atoms with van der Waals surface area (Å²) in [5.41, 5.74) is 0.924. The van der Waals surface area contributed by atoms with Crippen LogP contribution < -0.4 is 19.5 Å². The van der Waals surface area contributed by atoms with Crippen LogP contribution in [0.15, 0.2) is 17.1 Å². The van der Waals surface area contributed by atoms with Gasteiger partial charge in [0.1, 0.15) is 17.2 Å². The van der Waals surface area contributed by atoms with Crippen LogP contribution in [0.25, 0.3) is 0 Å². The minimum absolute atomic E-state index is 0. The highest BCUT2D eigenvalue weighted by atomic mass is 127. The number of halogens is 1. The number of rotatable bonds is 10. The molecule has 1 aromatic rings.